The van der Waals surface area contributed by atoms with E-state index in [2.05, 4.69) is 40.7 Å². The molecule has 3 rings (SSSR count). The fourth-order valence-electron chi connectivity index (χ4n) is 3.69. The van der Waals surface area contributed by atoms with Crippen molar-refractivity contribution in [2.24, 2.45) is 0 Å². The summed E-state index contributed by atoms with van der Waals surface area (Å²) in [5.41, 5.74) is 8.05. The quantitative estimate of drug-likeness (QED) is 0.712. The van der Waals surface area contributed by atoms with Crippen LogP contribution < -0.4 is 5.73 Å². The number of nitrogens with two attached hydrogens (primary N) is 1. The Bertz CT molecular complexity index is 527. The largest absolute Gasteiger partial charge is 0.399 e. The summed E-state index contributed by atoms with van der Waals surface area (Å²) in [6.45, 7) is 14.1. The molecule has 2 aliphatic rings. The maximum absolute atomic E-state index is 5.99. The summed E-state index contributed by atoms with van der Waals surface area (Å²) < 4.78 is 5.99. The Kier molecular flexibility index (Phi) is 12.9. The van der Waals surface area contributed by atoms with Crippen molar-refractivity contribution in [2.75, 3.05) is 58.2 Å². The molecule has 5 nitrogen and oxygen atoms in total. The number of rotatable bonds is 5. The van der Waals surface area contributed by atoms with Crippen LogP contribution in [0.1, 0.15) is 19.4 Å². The second kappa shape index (κ2) is 13.0. The van der Waals surface area contributed by atoms with Gasteiger partial charge >= 0.3 is 0 Å². The molecule has 1 atom stereocenters. The van der Waals surface area contributed by atoms with Gasteiger partial charge in [-0.15, -0.1) is 37.2 Å². The van der Waals surface area contributed by atoms with Gasteiger partial charge in [0.1, 0.15) is 0 Å². The molecule has 2 saturated heterocycles. The lowest BCUT2D eigenvalue weighted by Crippen LogP contribution is -2.53. The van der Waals surface area contributed by atoms with Crippen LogP contribution in [0, 0.1) is 0 Å². The standard InChI is InChI=1S/C19H32N4O.3ClH/c1-16(2)23-10-11-24-19(15-23)14-22-8-6-21(7-9-22)13-17-4-3-5-18(20)12-17;;;/h3-5,12,16,19H,6-11,13-15,20H2,1-2H3;3*1H. The molecule has 0 aromatic heterocycles. The molecule has 2 N–H and O–H groups in total. The molecule has 0 aliphatic carbocycles. The Hall–Kier alpha value is -0.270. The van der Waals surface area contributed by atoms with Gasteiger partial charge in [-0.1, -0.05) is 12.1 Å². The third kappa shape index (κ3) is 8.32. The Labute approximate surface area is 182 Å². The van der Waals surface area contributed by atoms with Crippen molar-refractivity contribution in [3.05, 3.63) is 29.8 Å². The minimum absolute atomic E-state index is 0. The lowest BCUT2D eigenvalue weighted by atomic mass is 10.1. The van der Waals surface area contributed by atoms with E-state index in [1.54, 1.807) is 0 Å². The average molecular weight is 442 g/mol. The predicted octanol–water partition coefficient (Wildman–Crippen LogP) is 2.76. The van der Waals surface area contributed by atoms with Gasteiger partial charge in [-0.3, -0.25) is 14.7 Å². The molecule has 2 heterocycles. The van der Waals surface area contributed by atoms with Crippen LogP contribution in [-0.2, 0) is 11.3 Å². The highest BCUT2D eigenvalue weighted by Crippen LogP contribution is 2.14. The molecule has 2 fully saturated rings. The molecule has 8 heteroatoms. The third-order valence-electron chi connectivity index (χ3n) is 5.18. The van der Waals surface area contributed by atoms with Crippen LogP contribution >= 0.6 is 37.2 Å². The first-order chi connectivity index (χ1) is 11.6. The van der Waals surface area contributed by atoms with Crippen molar-refractivity contribution in [1.29, 1.82) is 0 Å². The van der Waals surface area contributed by atoms with Gasteiger partial charge in [0.05, 0.1) is 12.7 Å². The van der Waals surface area contributed by atoms with E-state index in [1.807, 2.05) is 12.1 Å². The number of morpholine rings is 1. The highest BCUT2D eigenvalue weighted by atomic mass is 35.5. The smallest absolute Gasteiger partial charge is 0.0829 e. The zero-order valence-electron chi connectivity index (χ0n) is 16.4. The molecular formula is C19H35Cl3N4O. The maximum atomic E-state index is 5.99. The minimum Gasteiger partial charge on any atom is -0.399 e. The number of nitrogens with zero attached hydrogens (tertiary/aromatic N) is 3. The van der Waals surface area contributed by atoms with E-state index in [4.69, 9.17) is 10.5 Å². The fourth-order valence-corrected chi connectivity index (χ4v) is 3.69. The van der Waals surface area contributed by atoms with Gasteiger partial charge in [0.15, 0.2) is 0 Å². The summed E-state index contributed by atoms with van der Waals surface area (Å²) in [6.07, 6.45) is 0.363. The maximum Gasteiger partial charge on any atom is 0.0829 e. The van der Waals surface area contributed by atoms with Crippen LogP contribution in [0.15, 0.2) is 24.3 Å². The van der Waals surface area contributed by atoms with Crippen LogP contribution in [-0.4, -0.2) is 79.3 Å². The summed E-state index contributed by atoms with van der Waals surface area (Å²) in [5.74, 6) is 0. The second-order valence-electron chi connectivity index (χ2n) is 7.40. The number of ether oxygens (including phenoxy) is 1. The monoisotopic (exact) mass is 440 g/mol. The van der Waals surface area contributed by atoms with Gasteiger partial charge in [0.25, 0.3) is 0 Å². The molecule has 2 aliphatic heterocycles. The number of halogens is 3. The molecule has 0 amide bonds. The first-order valence-electron chi connectivity index (χ1n) is 9.25. The normalized spacial score (nSPS) is 21.8. The molecule has 1 unspecified atom stereocenters. The number of benzene rings is 1. The number of hydrogen-bond donors (Lipinski definition) is 1. The topological polar surface area (TPSA) is 45.0 Å². The van der Waals surface area contributed by atoms with Crippen LogP contribution in [0.4, 0.5) is 5.69 Å². The van der Waals surface area contributed by atoms with E-state index in [1.165, 1.54) is 5.56 Å². The molecule has 1 aromatic carbocycles. The van der Waals surface area contributed by atoms with Gasteiger partial charge in [0.2, 0.25) is 0 Å². The molecule has 0 saturated carbocycles. The molecule has 1 aromatic rings. The van der Waals surface area contributed by atoms with Crippen molar-refractivity contribution in [3.8, 4) is 0 Å². The Morgan fingerprint density at radius 2 is 1.70 bits per heavy atom. The lowest BCUT2D eigenvalue weighted by Gasteiger charge is -2.40. The van der Waals surface area contributed by atoms with E-state index in [9.17, 15) is 0 Å². The predicted molar refractivity (Wildman–Crippen MR) is 121 cm³/mol. The Morgan fingerprint density at radius 1 is 1.04 bits per heavy atom. The number of anilines is 1. The lowest BCUT2D eigenvalue weighted by molar-refractivity contribution is -0.0565. The van der Waals surface area contributed by atoms with Crippen molar-refractivity contribution in [3.63, 3.8) is 0 Å². The Morgan fingerprint density at radius 3 is 2.33 bits per heavy atom. The van der Waals surface area contributed by atoms with E-state index in [0.29, 0.717) is 12.1 Å². The molecule has 158 valence electrons. The molecule has 0 spiro atoms. The first kappa shape index (κ1) is 26.7. The van der Waals surface area contributed by atoms with E-state index >= 15 is 0 Å². The zero-order valence-corrected chi connectivity index (χ0v) is 18.8. The van der Waals surface area contributed by atoms with Crippen molar-refractivity contribution >= 4 is 42.9 Å². The first-order valence-corrected chi connectivity index (χ1v) is 9.25. The summed E-state index contributed by atoms with van der Waals surface area (Å²) in [6, 6.07) is 8.86. The summed E-state index contributed by atoms with van der Waals surface area (Å²) in [5, 5.41) is 0. The molecule has 0 radical (unpaired) electrons. The third-order valence-corrected chi connectivity index (χ3v) is 5.18. The van der Waals surface area contributed by atoms with Crippen molar-refractivity contribution in [1.82, 2.24) is 14.7 Å². The van der Waals surface area contributed by atoms with E-state index in [0.717, 1.165) is 64.7 Å². The molecular weight excluding hydrogens is 407 g/mol. The van der Waals surface area contributed by atoms with E-state index in [-0.39, 0.29) is 37.2 Å². The number of nitrogen functional groups attached to an aromatic ring is 1. The summed E-state index contributed by atoms with van der Waals surface area (Å²) >= 11 is 0. The number of piperazine rings is 1. The van der Waals surface area contributed by atoms with Gasteiger partial charge in [-0.25, -0.2) is 0 Å². The minimum atomic E-state index is 0. The molecule has 27 heavy (non-hydrogen) atoms. The van der Waals surface area contributed by atoms with Gasteiger partial charge in [-0.2, -0.15) is 0 Å². The fraction of sp³-hybridized carbons (Fsp3) is 0.684. The van der Waals surface area contributed by atoms with Crippen molar-refractivity contribution in [2.45, 2.75) is 32.5 Å². The van der Waals surface area contributed by atoms with Crippen LogP contribution in [0.3, 0.4) is 0 Å². The second-order valence-corrected chi connectivity index (χ2v) is 7.40. The highest BCUT2D eigenvalue weighted by molar-refractivity contribution is 5.86. The zero-order chi connectivity index (χ0) is 16.9. The number of hydrogen-bond acceptors (Lipinski definition) is 5. The van der Waals surface area contributed by atoms with Gasteiger partial charge in [-0.05, 0) is 31.5 Å². The summed E-state index contributed by atoms with van der Waals surface area (Å²) in [4.78, 5) is 7.61. The van der Waals surface area contributed by atoms with E-state index < -0.39 is 0 Å². The average Bonchev–Trinajstić information content (AvgIpc) is 2.57. The van der Waals surface area contributed by atoms with Crippen LogP contribution in [0.5, 0.6) is 0 Å². The van der Waals surface area contributed by atoms with Crippen molar-refractivity contribution < 1.29 is 4.74 Å². The van der Waals surface area contributed by atoms with Gasteiger partial charge in [0, 0.05) is 64.1 Å². The molecule has 0 bridgehead atoms. The summed E-state index contributed by atoms with van der Waals surface area (Å²) in [7, 11) is 0. The SMILES string of the molecule is CC(C)N1CCOC(CN2CCN(Cc3cccc(N)c3)CC2)C1.Cl.Cl.Cl. The van der Waals surface area contributed by atoms with Crippen LogP contribution in [0.25, 0.3) is 0 Å². The van der Waals surface area contributed by atoms with Crippen LogP contribution in [0.2, 0.25) is 0 Å². The Balaban J connectivity index is 0.00000225. The highest BCUT2D eigenvalue weighted by Gasteiger charge is 2.25. The van der Waals surface area contributed by atoms with Gasteiger partial charge < -0.3 is 10.5 Å².